The minimum atomic E-state index is 0.103. The second-order valence-corrected chi connectivity index (χ2v) is 6.28. The number of thioether (sulfide) groups is 1. The standard InChI is InChI=1S/C13H22N2OS2/c1-3-7-15-12(16)9-18-13(10(14)4-2)11-6-5-8-17-11/h5-6,8,10,13H,3-4,7,9,14H2,1-2H3,(H,15,16). The number of nitrogens with two attached hydrogens (primary N) is 1. The molecule has 1 rings (SSSR count). The molecule has 1 aromatic rings. The normalized spacial score (nSPS) is 14.2. The van der Waals surface area contributed by atoms with Gasteiger partial charge in [-0.25, -0.2) is 0 Å². The maximum Gasteiger partial charge on any atom is 0.230 e. The fourth-order valence-corrected chi connectivity index (χ4v) is 3.83. The Morgan fingerprint density at radius 2 is 2.33 bits per heavy atom. The number of hydrogen-bond donors (Lipinski definition) is 2. The molecule has 1 heterocycles. The summed E-state index contributed by atoms with van der Waals surface area (Å²) in [5.74, 6) is 0.586. The molecule has 0 saturated heterocycles. The molecule has 2 unspecified atom stereocenters. The van der Waals surface area contributed by atoms with Gasteiger partial charge in [0, 0.05) is 17.5 Å². The van der Waals surface area contributed by atoms with Crippen LogP contribution in [0.3, 0.4) is 0 Å². The third kappa shape index (κ3) is 5.00. The summed E-state index contributed by atoms with van der Waals surface area (Å²) in [5, 5.41) is 5.18. The fraction of sp³-hybridized carbons (Fsp3) is 0.615. The van der Waals surface area contributed by atoms with E-state index in [1.165, 1.54) is 4.88 Å². The summed E-state index contributed by atoms with van der Waals surface area (Å²) in [6.45, 7) is 4.89. The van der Waals surface area contributed by atoms with Crippen molar-refractivity contribution in [2.75, 3.05) is 12.3 Å². The molecule has 2 atom stereocenters. The molecule has 0 radical (unpaired) electrons. The predicted molar refractivity (Wildman–Crippen MR) is 81.1 cm³/mol. The number of nitrogens with one attached hydrogen (secondary N) is 1. The number of hydrogen-bond acceptors (Lipinski definition) is 4. The minimum absolute atomic E-state index is 0.103. The average Bonchev–Trinajstić information content (AvgIpc) is 2.90. The van der Waals surface area contributed by atoms with Gasteiger partial charge in [0.05, 0.1) is 11.0 Å². The molecule has 0 bridgehead atoms. The molecule has 0 fully saturated rings. The first kappa shape index (κ1) is 15.5. The molecule has 0 aromatic carbocycles. The molecule has 0 spiro atoms. The number of thiophene rings is 1. The van der Waals surface area contributed by atoms with Crippen molar-refractivity contribution < 1.29 is 4.79 Å². The molecule has 5 heteroatoms. The van der Waals surface area contributed by atoms with Crippen molar-refractivity contribution in [2.24, 2.45) is 5.73 Å². The van der Waals surface area contributed by atoms with Crippen LogP contribution in [-0.2, 0) is 4.79 Å². The molecular weight excluding hydrogens is 264 g/mol. The van der Waals surface area contributed by atoms with Gasteiger partial charge in [0.1, 0.15) is 0 Å². The summed E-state index contributed by atoms with van der Waals surface area (Å²) >= 11 is 3.36. The lowest BCUT2D eigenvalue weighted by atomic mass is 10.1. The molecule has 3 N–H and O–H groups in total. The van der Waals surface area contributed by atoms with E-state index in [0.717, 1.165) is 19.4 Å². The monoisotopic (exact) mass is 286 g/mol. The van der Waals surface area contributed by atoms with E-state index in [-0.39, 0.29) is 17.2 Å². The Balaban J connectivity index is 2.50. The smallest absolute Gasteiger partial charge is 0.230 e. The van der Waals surface area contributed by atoms with Gasteiger partial charge in [0.15, 0.2) is 0 Å². The largest absolute Gasteiger partial charge is 0.355 e. The molecule has 1 amide bonds. The zero-order valence-electron chi connectivity index (χ0n) is 11.0. The Kier molecular flexibility index (Phi) is 7.39. The van der Waals surface area contributed by atoms with Crippen LogP contribution in [0.5, 0.6) is 0 Å². The van der Waals surface area contributed by atoms with Gasteiger partial charge >= 0.3 is 0 Å². The predicted octanol–water partition coefficient (Wildman–Crippen LogP) is 2.79. The Bertz CT molecular complexity index is 341. The topological polar surface area (TPSA) is 55.1 Å². The van der Waals surface area contributed by atoms with Gasteiger partial charge in [-0.3, -0.25) is 4.79 Å². The zero-order valence-corrected chi connectivity index (χ0v) is 12.7. The van der Waals surface area contributed by atoms with Crippen molar-refractivity contribution in [2.45, 2.75) is 38.0 Å². The highest BCUT2D eigenvalue weighted by Gasteiger charge is 2.21. The number of carbonyl (C=O) groups excluding carboxylic acids is 1. The Morgan fingerprint density at radius 1 is 1.56 bits per heavy atom. The molecule has 1 aromatic heterocycles. The SMILES string of the molecule is CCCNC(=O)CSC(c1cccs1)C(N)CC. The first-order valence-electron chi connectivity index (χ1n) is 6.36. The van der Waals surface area contributed by atoms with E-state index >= 15 is 0 Å². The van der Waals surface area contributed by atoms with Crippen LogP contribution in [0.4, 0.5) is 0 Å². The summed E-state index contributed by atoms with van der Waals surface area (Å²) in [7, 11) is 0. The Hall–Kier alpha value is -0.520. The lowest BCUT2D eigenvalue weighted by Gasteiger charge is -2.21. The van der Waals surface area contributed by atoms with Crippen LogP contribution in [0.2, 0.25) is 0 Å². The van der Waals surface area contributed by atoms with E-state index in [1.807, 2.05) is 6.07 Å². The van der Waals surface area contributed by atoms with Gasteiger partial charge in [-0.1, -0.05) is 19.9 Å². The summed E-state index contributed by atoms with van der Waals surface area (Å²) in [4.78, 5) is 12.9. The number of carbonyl (C=O) groups is 1. The van der Waals surface area contributed by atoms with Crippen LogP contribution in [0.1, 0.15) is 36.8 Å². The summed E-state index contributed by atoms with van der Waals surface area (Å²) < 4.78 is 0. The summed E-state index contributed by atoms with van der Waals surface area (Å²) in [6, 6.07) is 4.24. The van der Waals surface area contributed by atoms with E-state index in [2.05, 4.69) is 30.6 Å². The van der Waals surface area contributed by atoms with Crippen molar-refractivity contribution in [3.05, 3.63) is 22.4 Å². The maximum atomic E-state index is 11.6. The highest BCUT2D eigenvalue weighted by Crippen LogP contribution is 2.35. The molecule has 0 aliphatic carbocycles. The Labute approximate surface area is 118 Å². The van der Waals surface area contributed by atoms with Crippen molar-refractivity contribution in [1.29, 1.82) is 0 Å². The first-order chi connectivity index (χ1) is 8.69. The van der Waals surface area contributed by atoms with Crippen molar-refractivity contribution in [1.82, 2.24) is 5.32 Å². The van der Waals surface area contributed by atoms with Crippen molar-refractivity contribution in [3.63, 3.8) is 0 Å². The lowest BCUT2D eigenvalue weighted by Crippen LogP contribution is -2.29. The van der Waals surface area contributed by atoms with Crippen molar-refractivity contribution in [3.8, 4) is 0 Å². The third-order valence-corrected chi connectivity index (χ3v) is 5.15. The lowest BCUT2D eigenvalue weighted by molar-refractivity contribution is -0.118. The average molecular weight is 286 g/mol. The maximum absolute atomic E-state index is 11.6. The molecule has 102 valence electrons. The van der Waals surface area contributed by atoms with Gasteiger partial charge in [-0.2, -0.15) is 0 Å². The van der Waals surface area contributed by atoms with E-state index < -0.39 is 0 Å². The van der Waals surface area contributed by atoms with E-state index in [4.69, 9.17) is 5.73 Å². The number of rotatable bonds is 8. The quantitative estimate of drug-likeness (QED) is 0.772. The van der Waals surface area contributed by atoms with Crippen LogP contribution in [0.15, 0.2) is 17.5 Å². The van der Waals surface area contributed by atoms with Gasteiger partial charge < -0.3 is 11.1 Å². The minimum Gasteiger partial charge on any atom is -0.355 e. The zero-order chi connectivity index (χ0) is 13.4. The fourth-order valence-electron chi connectivity index (χ4n) is 1.56. The van der Waals surface area contributed by atoms with Crippen LogP contribution < -0.4 is 11.1 Å². The summed E-state index contributed by atoms with van der Waals surface area (Å²) in [5.41, 5.74) is 6.15. The molecule has 0 aliphatic rings. The molecule has 18 heavy (non-hydrogen) atoms. The van der Waals surface area contributed by atoms with E-state index in [1.54, 1.807) is 23.1 Å². The number of amides is 1. The van der Waals surface area contributed by atoms with E-state index in [9.17, 15) is 4.79 Å². The molecule has 3 nitrogen and oxygen atoms in total. The van der Waals surface area contributed by atoms with Crippen LogP contribution in [0.25, 0.3) is 0 Å². The van der Waals surface area contributed by atoms with E-state index in [0.29, 0.717) is 5.75 Å². The second-order valence-electron chi connectivity index (χ2n) is 4.17. The first-order valence-corrected chi connectivity index (χ1v) is 8.29. The second kappa shape index (κ2) is 8.56. The van der Waals surface area contributed by atoms with Gasteiger partial charge in [0.25, 0.3) is 0 Å². The van der Waals surface area contributed by atoms with Crippen LogP contribution in [-0.4, -0.2) is 24.2 Å². The Morgan fingerprint density at radius 3 is 2.89 bits per heavy atom. The van der Waals surface area contributed by atoms with Gasteiger partial charge in [-0.05, 0) is 24.3 Å². The van der Waals surface area contributed by atoms with Crippen molar-refractivity contribution >= 4 is 29.0 Å². The van der Waals surface area contributed by atoms with Crippen LogP contribution in [0, 0.1) is 0 Å². The molecule has 0 aliphatic heterocycles. The molecule has 0 saturated carbocycles. The molecular formula is C13H22N2OS2. The van der Waals surface area contributed by atoms with Gasteiger partial charge in [-0.15, -0.1) is 23.1 Å². The highest BCUT2D eigenvalue weighted by molar-refractivity contribution is 8.00. The summed E-state index contributed by atoms with van der Waals surface area (Å²) in [6.07, 6.45) is 1.89. The highest BCUT2D eigenvalue weighted by atomic mass is 32.2. The van der Waals surface area contributed by atoms with Crippen LogP contribution >= 0.6 is 23.1 Å². The third-order valence-electron chi connectivity index (χ3n) is 2.65. The van der Waals surface area contributed by atoms with Gasteiger partial charge in [0.2, 0.25) is 5.91 Å².